The Morgan fingerprint density at radius 1 is 0.321 bits per heavy atom. The van der Waals surface area contributed by atoms with Crippen LogP contribution in [0.3, 0.4) is 0 Å². The molecule has 0 saturated heterocycles. The van der Waals surface area contributed by atoms with Crippen LogP contribution in [0.1, 0.15) is 0 Å². The van der Waals surface area contributed by atoms with Gasteiger partial charge in [0.05, 0.1) is 11.4 Å². The Bertz CT molecular complexity index is 2890. The maximum absolute atomic E-state index is 6.57. The second kappa shape index (κ2) is 12.9. The third kappa shape index (κ3) is 5.75. The number of aromatic nitrogens is 2. The fourth-order valence-electron chi connectivity index (χ4n) is 7.39. The Labute approximate surface area is 307 Å². The van der Waals surface area contributed by atoms with Crippen molar-refractivity contribution < 1.29 is 4.42 Å². The summed E-state index contributed by atoms with van der Waals surface area (Å²) in [5, 5.41) is 4.67. The van der Waals surface area contributed by atoms with E-state index >= 15 is 0 Å². The van der Waals surface area contributed by atoms with Gasteiger partial charge in [-0.3, -0.25) is 0 Å². The molecule has 0 bridgehead atoms. The van der Waals surface area contributed by atoms with E-state index in [1.54, 1.807) is 0 Å². The van der Waals surface area contributed by atoms with E-state index < -0.39 is 0 Å². The molecule has 8 aromatic carbocycles. The first-order chi connectivity index (χ1) is 26.2. The second-order valence-electron chi connectivity index (χ2n) is 13.4. The molecule has 10 rings (SSSR count). The Hall–Kier alpha value is -7.10. The lowest BCUT2D eigenvalue weighted by Gasteiger charge is -2.14. The highest BCUT2D eigenvalue weighted by atomic mass is 16.3. The summed E-state index contributed by atoms with van der Waals surface area (Å²) in [4.78, 5) is 10.3. The highest BCUT2D eigenvalue weighted by Gasteiger charge is 2.17. The summed E-state index contributed by atoms with van der Waals surface area (Å²) in [6, 6.07) is 68.1. The van der Waals surface area contributed by atoms with Gasteiger partial charge in [0.25, 0.3) is 0 Å². The number of hydrogen-bond acceptors (Lipinski definition) is 3. The molecule has 3 nitrogen and oxygen atoms in total. The predicted octanol–water partition coefficient (Wildman–Crippen LogP) is 13.5. The zero-order valence-electron chi connectivity index (χ0n) is 28.8. The molecule has 0 N–H and O–H groups in total. The SMILES string of the molecule is c1ccc(-c2cc(-c3cc(-c4cccc(-c5ccc6ccccc6c5)c4)cc(-c4cccc5c4oc4ccccc45)c3)nc(-c3ccccc3)n2)cc1. The molecular formula is C50H32N2O. The van der Waals surface area contributed by atoms with Crippen LogP contribution in [0.5, 0.6) is 0 Å². The van der Waals surface area contributed by atoms with Crippen LogP contribution in [0, 0.1) is 0 Å². The normalized spacial score (nSPS) is 11.4. The van der Waals surface area contributed by atoms with Gasteiger partial charge in [-0.05, 0) is 81.1 Å². The first-order valence-corrected chi connectivity index (χ1v) is 17.9. The molecule has 0 aliphatic rings. The summed E-state index contributed by atoms with van der Waals surface area (Å²) in [5.74, 6) is 0.687. The summed E-state index contributed by atoms with van der Waals surface area (Å²) in [5.41, 5.74) is 13.1. The summed E-state index contributed by atoms with van der Waals surface area (Å²) in [7, 11) is 0. The van der Waals surface area contributed by atoms with E-state index in [0.29, 0.717) is 5.82 Å². The topological polar surface area (TPSA) is 38.9 Å². The molecule has 0 aliphatic carbocycles. The van der Waals surface area contributed by atoms with Gasteiger partial charge in [0.1, 0.15) is 11.2 Å². The van der Waals surface area contributed by atoms with Gasteiger partial charge in [-0.2, -0.15) is 0 Å². The van der Waals surface area contributed by atoms with Crippen LogP contribution in [-0.4, -0.2) is 9.97 Å². The summed E-state index contributed by atoms with van der Waals surface area (Å²) in [6.45, 7) is 0. The number of fused-ring (bicyclic) bond motifs is 4. The molecule has 2 aromatic heterocycles. The van der Waals surface area contributed by atoms with Gasteiger partial charge >= 0.3 is 0 Å². The van der Waals surface area contributed by atoms with Gasteiger partial charge < -0.3 is 4.42 Å². The quantitative estimate of drug-likeness (QED) is 0.176. The third-order valence-corrected chi connectivity index (χ3v) is 10.1. The molecule has 3 heteroatoms. The number of furan rings is 1. The number of rotatable bonds is 6. The number of nitrogens with zero attached hydrogens (tertiary/aromatic N) is 2. The number of benzene rings is 8. The highest BCUT2D eigenvalue weighted by Crippen LogP contribution is 2.40. The van der Waals surface area contributed by atoms with Gasteiger partial charge in [0.15, 0.2) is 5.82 Å². The molecule has 0 spiro atoms. The molecule has 0 aliphatic heterocycles. The molecule has 0 saturated carbocycles. The average Bonchev–Trinajstić information content (AvgIpc) is 3.63. The maximum Gasteiger partial charge on any atom is 0.160 e. The largest absolute Gasteiger partial charge is 0.455 e. The van der Waals surface area contributed by atoms with Gasteiger partial charge in [0.2, 0.25) is 0 Å². The van der Waals surface area contributed by atoms with Crippen molar-refractivity contribution in [3.05, 3.63) is 194 Å². The third-order valence-electron chi connectivity index (χ3n) is 10.1. The van der Waals surface area contributed by atoms with E-state index in [9.17, 15) is 0 Å². The van der Waals surface area contributed by atoms with E-state index in [-0.39, 0.29) is 0 Å². The molecule has 248 valence electrons. The zero-order valence-corrected chi connectivity index (χ0v) is 28.8. The molecule has 2 heterocycles. The van der Waals surface area contributed by atoms with Crippen LogP contribution in [0.2, 0.25) is 0 Å². The van der Waals surface area contributed by atoms with Crippen LogP contribution >= 0.6 is 0 Å². The first-order valence-electron chi connectivity index (χ1n) is 17.9. The predicted molar refractivity (Wildman–Crippen MR) is 219 cm³/mol. The lowest BCUT2D eigenvalue weighted by molar-refractivity contribution is 0.670. The van der Waals surface area contributed by atoms with E-state index in [1.165, 1.54) is 21.9 Å². The van der Waals surface area contributed by atoms with Crippen molar-refractivity contribution in [3.8, 4) is 67.3 Å². The molecule has 10 aromatic rings. The van der Waals surface area contributed by atoms with Crippen molar-refractivity contribution in [1.29, 1.82) is 0 Å². The van der Waals surface area contributed by atoms with Crippen molar-refractivity contribution in [3.63, 3.8) is 0 Å². The Kier molecular flexibility index (Phi) is 7.47. The minimum absolute atomic E-state index is 0.687. The van der Waals surface area contributed by atoms with Crippen LogP contribution in [0.25, 0.3) is 100.0 Å². The van der Waals surface area contributed by atoms with Crippen molar-refractivity contribution >= 4 is 32.7 Å². The smallest absolute Gasteiger partial charge is 0.160 e. The minimum Gasteiger partial charge on any atom is -0.455 e. The standard InChI is InChI=1S/C50H32N2O/c1-3-14-34(15-4-1)46-32-47(52-50(51-46)35-16-5-2-6-17-35)42-30-40(38-20-11-19-37(28-38)39-26-25-33-13-7-8-18-36(33)27-39)29-41(31-42)43-22-12-23-45-44-21-9-10-24-48(44)53-49(43)45/h1-32H. The van der Waals surface area contributed by atoms with E-state index in [1.807, 2.05) is 36.4 Å². The van der Waals surface area contributed by atoms with Crippen LogP contribution in [0.15, 0.2) is 199 Å². The molecular weight excluding hydrogens is 645 g/mol. The number of para-hydroxylation sites is 2. The van der Waals surface area contributed by atoms with E-state index in [4.69, 9.17) is 14.4 Å². The average molecular weight is 677 g/mol. The summed E-state index contributed by atoms with van der Waals surface area (Å²) < 4.78 is 6.57. The molecule has 0 atom stereocenters. The lowest BCUT2D eigenvalue weighted by atomic mass is 9.92. The van der Waals surface area contributed by atoms with Crippen LogP contribution in [-0.2, 0) is 0 Å². The Balaban J connectivity index is 1.20. The van der Waals surface area contributed by atoms with Crippen LogP contribution < -0.4 is 0 Å². The summed E-state index contributed by atoms with van der Waals surface area (Å²) in [6.07, 6.45) is 0. The Morgan fingerprint density at radius 2 is 0.887 bits per heavy atom. The van der Waals surface area contributed by atoms with Crippen molar-refractivity contribution in [1.82, 2.24) is 9.97 Å². The van der Waals surface area contributed by atoms with Crippen molar-refractivity contribution in [2.75, 3.05) is 0 Å². The van der Waals surface area contributed by atoms with Crippen LogP contribution in [0.4, 0.5) is 0 Å². The minimum atomic E-state index is 0.687. The van der Waals surface area contributed by atoms with E-state index in [0.717, 1.165) is 72.3 Å². The number of hydrogen-bond donors (Lipinski definition) is 0. The lowest BCUT2D eigenvalue weighted by Crippen LogP contribution is -1.96. The van der Waals surface area contributed by atoms with E-state index in [2.05, 4.69) is 158 Å². The first kappa shape index (κ1) is 30.7. The summed E-state index contributed by atoms with van der Waals surface area (Å²) >= 11 is 0. The van der Waals surface area contributed by atoms with Gasteiger partial charge in [-0.15, -0.1) is 0 Å². The molecule has 53 heavy (non-hydrogen) atoms. The molecule has 0 unspecified atom stereocenters. The van der Waals surface area contributed by atoms with Gasteiger partial charge in [0, 0.05) is 33.0 Å². The van der Waals surface area contributed by atoms with Gasteiger partial charge in [-0.1, -0.05) is 152 Å². The molecule has 0 amide bonds. The highest BCUT2D eigenvalue weighted by molar-refractivity contribution is 6.10. The van der Waals surface area contributed by atoms with Gasteiger partial charge in [-0.25, -0.2) is 9.97 Å². The zero-order chi connectivity index (χ0) is 35.1. The molecule has 0 radical (unpaired) electrons. The fraction of sp³-hybridized carbons (Fsp3) is 0. The second-order valence-corrected chi connectivity index (χ2v) is 13.4. The monoisotopic (exact) mass is 676 g/mol. The van der Waals surface area contributed by atoms with Crippen molar-refractivity contribution in [2.24, 2.45) is 0 Å². The maximum atomic E-state index is 6.57. The van der Waals surface area contributed by atoms with Crippen molar-refractivity contribution in [2.45, 2.75) is 0 Å². The molecule has 0 fully saturated rings. The fourth-order valence-corrected chi connectivity index (χ4v) is 7.39. The Morgan fingerprint density at radius 3 is 1.72 bits per heavy atom.